The first kappa shape index (κ1) is 15.3. The summed E-state index contributed by atoms with van der Waals surface area (Å²) in [6.45, 7) is 4.61. The predicted octanol–water partition coefficient (Wildman–Crippen LogP) is 6.24. The van der Waals surface area contributed by atoms with Crippen LogP contribution in [0.15, 0.2) is 69.0 Å². The summed E-state index contributed by atoms with van der Waals surface area (Å²) in [5.74, 6) is 0. The molecule has 114 valence electrons. The molecule has 0 N–H and O–H groups in total. The molecular weight excluding hydrogens is 355 g/mol. The van der Waals surface area contributed by atoms with E-state index in [1.807, 2.05) is 0 Å². The second-order valence-corrected chi connectivity index (χ2v) is 10.1. The molecule has 0 bridgehead atoms. The fourth-order valence-corrected chi connectivity index (χ4v) is 8.32. The molecule has 2 aromatic carbocycles. The first-order valence-corrected chi connectivity index (χ1v) is 11.3. The number of allylic oxidation sites excluding steroid dienone is 4. The molecule has 0 aromatic heterocycles. The van der Waals surface area contributed by atoms with Crippen LogP contribution in [0.3, 0.4) is 0 Å². The molecule has 4 rings (SSSR count). The van der Waals surface area contributed by atoms with Crippen LogP contribution in [-0.4, -0.2) is 0 Å². The summed E-state index contributed by atoms with van der Waals surface area (Å²) < 4.78 is 2.49. The Kier molecular flexibility index (Phi) is 4.24. The third kappa shape index (κ3) is 2.64. The van der Waals surface area contributed by atoms with Gasteiger partial charge in [-0.15, -0.1) is 0 Å². The zero-order valence-corrected chi connectivity index (χ0v) is 16.4. The van der Waals surface area contributed by atoms with Gasteiger partial charge in [0.05, 0.1) is 0 Å². The maximum absolute atomic E-state index is 2.56. The van der Waals surface area contributed by atoms with Crippen LogP contribution in [0.2, 0.25) is 0 Å². The van der Waals surface area contributed by atoms with Gasteiger partial charge in [0, 0.05) is 0 Å². The minimum atomic E-state index is -0.648. The molecule has 0 nitrogen and oxygen atoms in total. The van der Waals surface area contributed by atoms with Gasteiger partial charge in [-0.3, -0.25) is 0 Å². The first-order valence-electron chi connectivity index (χ1n) is 8.68. The van der Waals surface area contributed by atoms with E-state index >= 15 is 0 Å². The molecule has 0 radical (unpaired) electrons. The summed E-state index contributed by atoms with van der Waals surface area (Å²) in [6, 6.07) is 18.2. The van der Waals surface area contributed by atoms with Crippen molar-refractivity contribution < 1.29 is 23.2 Å². The van der Waals surface area contributed by atoms with Gasteiger partial charge in [-0.2, -0.15) is 0 Å². The Morgan fingerprint density at radius 3 is 2.00 bits per heavy atom. The van der Waals surface area contributed by atoms with E-state index in [0.29, 0.717) is 3.63 Å². The molecule has 0 spiro atoms. The molecule has 0 saturated heterocycles. The molecule has 0 amide bonds. The molecule has 0 fully saturated rings. The van der Waals surface area contributed by atoms with Gasteiger partial charge in [0.15, 0.2) is 0 Å². The Morgan fingerprint density at radius 1 is 0.870 bits per heavy atom. The monoisotopic (exact) mass is 376 g/mol. The third-order valence-electron chi connectivity index (χ3n) is 5.18. The van der Waals surface area contributed by atoms with E-state index in [0.717, 1.165) is 0 Å². The van der Waals surface area contributed by atoms with Gasteiger partial charge in [-0.05, 0) is 0 Å². The second-order valence-electron chi connectivity index (χ2n) is 6.43. The minimum absolute atomic E-state index is 0.648. The Morgan fingerprint density at radius 2 is 1.48 bits per heavy atom. The molecule has 0 unspecified atom stereocenters. The van der Waals surface area contributed by atoms with Gasteiger partial charge < -0.3 is 0 Å². The SMILES string of the molecule is CCC1=C(CC)C[C]([Zr][CH]2c3ccccc3-c3ccccc32)=C1. The van der Waals surface area contributed by atoms with Crippen LogP contribution in [0.5, 0.6) is 0 Å². The molecule has 2 aromatic rings. The van der Waals surface area contributed by atoms with Gasteiger partial charge in [-0.1, -0.05) is 0 Å². The Balaban J connectivity index is 1.68. The number of hydrogen-bond donors (Lipinski definition) is 0. The fourth-order valence-electron chi connectivity index (χ4n) is 4.00. The van der Waals surface area contributed by atoms with Crippen molar-refractivity contribution in [3.8, 4) is 11.1 Å². The summed E-state index contributed by atoms with van der Waals surface area (Å²) >= 11 is -0.648. The summed E-state index contributed by atoms with van der Waals surface area (Å²) in [6.07, 6.45) is 6.26. The maximum atomic E-state index is 2.56. The molecule has 23 heavy (non-hydrogen) atoms. The van der Waals surface area contributed by atoms with Crippen LogP contribution in [0.1, 0.15) is 47.9 Å². The predicted molar refractivity (Wildman–Crippen MR) is 94.0 cm³/mol. The number of fused-ring (bicyclic) bond motifs is 3. The average Bonchev–Trinajstić information content (AvgIpc) is 3.15. The van der Waals surface area contributed by atoms with Crippen molar-refractivity contribution >= 4 is 0 Å². The second kappa shape index (κ2) is 6.36. The average molecular weight is 378 g/mol. The van der Waals surface area contributed by atoms with Crippen molar-refractivity contribution in [1.82, 2.24) is 0 Å². The topological polar surface area (TPSA) is 0 Å². The van der Waals surface area contributed by atoms with E-state index in [9.17, 15) is 0 Å². The zero-order chi connectivity index (χ0) is 15.8. The standard InChI is InChI=1S/C13H9.C9H13.Zr/c1-3-7-12-10(5-1)9-11-6-2-4-8-13(11)12;1-3-8-6-5-7-9(8)4-2;/h1-9H;6H,3-4,7H2,1-2H3;. The van der Waals surface area contributed by atoms with Crippen LogP contribution < -0.4 is 0 Å². The van der Waals surface area contributed by atoms with Crippen molar-refractivity contribution in [1.29, 1.82) is 0 Å². The summed E-state index contributed by atoms with van der Waals surface area (Å²) in [4.78, 5) is 0. The number of hydrogen-bond acceptors (Lipinski definition) is 0. The van der Waals surface area contributed by atoms with E-state index in [4.69, 9.17) is 0 Å². The molecular formula is C22H22Zr. The van der Waals surface area contributed by atoms with Crippen molar-refractivity contribution in [3.63, 3.8) is 0 Å². The molecule has 0 atom stereocenters. The Labute approximate surface area is 150 Å². The van der Waals surface area contributed by atoms with Gasteiger partial charge in [0.2, 0.25) is 0 Å². The molecule has 0 aliphatic heterocycles. The van der Waals surface area contributed by atoms with Crippen LogP contribution in [0.25, 0.3) is 11.1 Å². The quantitative estimate of drug-likeness (QED) is 0.591. The first-order chi connectivity index (χ1) is 11.3. The van der Waals surface area contributed by atoms with Crippen LogP contribution in [0, 0.1) is 0 Å². The molecule has 0 heterocycles. The van der Waals surface area contributed by atoms with Crippen molar-refractivity contribution in [2.45, 2.75) is 36.7 Å². The molecule has 2 aliphatic rings. The van der Waals surface area contributed by atoms with Gasteiger partial charge >= 0.3 is 151 Å². The Hall–Kier alpha value is -1.20. The van der Waals surface area contributed by atoms with Crippen LogP contribution in [0.4, 0.5) is 0 Å². The van der Waals surface area contributed by atoms with E-state index < -0.39 is 23.2 Å². The van der Waals surface area contributed by atoms with Gasteiger partial charge in [0.1, 0.15) is 0 Å². The number of rotatable bonds is 4. The Bertz CT molecular complexity index is 765. The van der Waals surface area contributed by atoms with Crippen LogP contribution in [-0.2, 0) is 23.2 Å². The zero-order valence-electron chi connectivity index (χ0n) is 13.9. The fraction of sp³-hybridized carbons (Fsp3) is 0.273. The molecule has 2 aliphatic carbocycles. The van der Waals surface area contributed by atoms with Crippen molar-refractivity contribution in [2.24, 2.45) is 0 Å². The van der Waals surface area contributed by atoms with E-state index in [2.05, 4.69) is 68.5 Å². The van der Waals surface area contributed by atoms with Crippen molar-refractivity contribution in [2.75, 3.05) is 0 Å². The summed E-state index contributed by atoms with van der Waals surface area (Å²) in [7, 11) is 0. The van der Waals surface area contributed by atoms with E-state index in [1.54, 1.807) is 25.6 Å². The van der Waals surface area contributed by atoms with Gasteiger partial charge in [-0.25, -0.2) is 0 Å². The molecule has 1 heteroatoms. The number of benzene rings is 2. The van der Waals surface area contributed by atoms with Gasteiger partial charge in [0.25, 0.3) is 0 Å². The van der Waals surface area contributed by atoms with Crippen LogP contribution >= 0.6 is 0 Å². The van der Waals surface area contributed by atoms with E-state index in [-0.39, 0.29) is 0 Å². The van der Waals surface area contributed by atoms with Crippen molar-refractivity contribution in [3.05, 3.63) is 80.2 Å². The summed E-state index contributed by atoms with van der Waals surface area (Å²) in [5, 5.41) is 0. The third-order valence-corrected chi connectivity index (χ3v) is 9.12. The molecule has 0 saturated carbocycles. The summed E-state index contributed by atoms with van der Waals surface area (Å²) in [5.41, 5.74) is 9.46. The van der Waals surface area contributed by atoms with E-state index in [1.165, 1.54) is 30.4 Å². The normalized spacial score (nSPS) is 16.3.